The first-order valence-electron chi connectivity index (χ1n) is 7.56. The minimum Gasteiger partial charge on any atom is -0.339 e. The Kier molecular flexibility index (Phi) is 4.31. The van der Waals surface area contributed by atoms with Crippen LogP contribution in [0.15, 0.2) is 0 Å². The maximum atomic E-state index is 12.7. The molecule has 0 spiro atoms. The Morgan fingerprint density at radius 1 is 1.28 bits per heavy atom. The van der Waals surface area contributed by atoms with Gasteiger partial charge < -0.3 is 10.6 Å². The molecule has 0 aromatic heterocycles. The van der Waals surface area contributed by atoms with E-state index >= 15 is 0 Å². The fourth-order valence-electron chi connectivity index (χ4n) is 3.64. The van der Waals surface area contributed by atoms with Crippen LogP contribution < -0.4 is 5.73 Å². The van der Waals surface area contributed by atoms with Crippen LogP contribution >= 0.6 is 0 Å². The molecule has 18 heavy (non-hydrogen) atoms. The second-order valence-electron chi connectivity index (χ2n) is 6.64. The minimum absolute atomic E-state index is 0.235. The van der Waals surface area contributed by atoms with Crippen molar-refractivity contribution < 1.29 is 4.79 Å². The number of nitrogens with two attached hydrogens (primary N) is 1. The predicted octanol–water partition coefficient (Wildman–Crippen LogP) is 2.40. The van der Waals surface area contributed by atoms with Crippen molar-refractivity contribution in [2.45, 2.75) is 65.0 Å². The molecule has 1 aliphatic heterocycles. The van der Waals surface area contributed by atoms with E-state index in [1.165, 1.54) is 12.8 Å². The predicted molar refractivity (Wildman–Crippen MR) is 74.1 cm³/mol. The third kappa shape index (κ3) is 2.71. The Balaban J connectivity index is 1.98. The number of rotatable bonds is 2. The van der Waals surface area contributed by atoms with E-state index in [4.69, 9.17) is 5.73 Å². The Labute approximate surface area is 111 Å². The number of carbonyl (C=O) groups is 1. The van der Waals surface area contributed by atoms with Gasteiger partial charge in [0, 0.05) is 24.5 Å². The average Bonchev–Trinajstić information content (AvgIpc) is 2.81. The molecule has 3 heteroatoms. The lowest BCUT2D eigenvalue weighted by Crippen LogP contribution is -2.45. The van der Waals surface area contributed by atoms with Gasteiger partial charge >= 0.3 is 0 Å². The zero-order valence-corrected chi connectivity index (χ0v) is 12.1. The zero-order chi connectivity index (χ0) is 13.3. The van der Waals surface area contributed by atoms with Crippen molar-refractivity contribution in [3.63, 3.8) is 0 Å². The molecule has 1 saturated heterocycles. The molecule has 104 valence electrons. The van der Waals surface area contributed by atoms with Crippen LogP contribution in [0.5, 0.6) is 0 Å². The summed E-state index contributed by atoms with van der Waals surface area (Å²) < 4.78 is 0. The topological polar surface area (TPSA) is 46.3 Å². The van der Waals surface area contributed by atoms with Crippen LogP contribution in [0.2, 0.25) is 0 Å². The number of hydrogen-bond acceptors (Lipinski definition) is 2. The van der Waals surface area contributed by atoms with Crippen molar-refractivity contribution in [3.8, 4) is 0 Å². The summed E-state index contributed by atoms with van der Waals surface area (Å²) in [5.74, 6) is 1.72. The summed E-state index contributed by atoms with van der Waals surface area (Å²) in [6.45, 7) is 7.62. The van der Waals surface area contributed by atoms with Crippen LogP contribution in [-0.4, -0.2) is 29.4 Å². The molecule has 1 saturated carbocycles. The van der Waals surface area contributed by atoms with Gasteiger partial charge in [0.15, 0.2) is 0 Å². The molecule has 0 aromatic rings. The first-order valence-corrected chi connectivity index (χ1v) is 7.56. The highest BCUT2D eigenvalue weighted by Gasteiger charge is 2.37. The fourth-order valence-corrected chi connectivity index (χ4v) is 3.64. The molecular formula is C15H28N2O. The molecule has 0 aromatic carbocycles. The lowest BCUT2D eigenvalue weighted by molar-refractivity contribution is -0.138. The number of hydrogen-bond donors (Lipinski definition) is 1. The monoisotopic (exact) mass is 252 g/mol. The molecule has 4 unspecified atom stereocenters. The average molecular weight is 252 g/mol. The quantitative estimate of drug-likeness (QED) is 0.820. The number of likely N-dealkylation sites (tertiary alicyclic amines) is 1. The summed E-state index contributed by atoms with van der Waals surface area (Å²) in [7, 11) is 0. The smallest absolute Gasteiger partial charge is 0.225 e. The number of nitrogens with zero attached hydrogens (tertiary/aromatic N) is 1. The summed E-state index contributed by atoms with van der Waals surface area (Å²) in [4.78, 5) is 14.8. The Morgan fingerprint density at radius 2 is 2.00 bits per heavy atom. The molecule has 2 fully saturated rings. The summed E-state index contributed by atoms with van der Waals surface area (Å²) in [6, 6.07) is 0.775. The molecule has 1 aliphatic carbocycles. The van der Waals surface area contributed by atoms with Crippen molar-refractivity contribution in [2.24, 2.45) is 23.5 Å². The van der Waals surface area contributed by atoms with Crippen LogP contribution in [0.4, 0.5) is 0 Å². The van der Waals surface area contributed by atoms with E-state index in [1.807, 2.05) is 0 Å². The third-order valence-electron chi connectivity index (χ3n) is 4.94. The maximum Gasteiger partial charge on any atom is 0.225 e. The zero-order valence-electron chi connectivity index (χ0n) is 12.1. The molecule has 4 atom stereocenters. The van der Waals surface area contributed by atoms with Gasteiger partial charge in [-0.3, -0.25) is 4.79 Å². The summed E-state index contributed by atoms with van der Waals surface area (Å²) in [5.41, 5.74) is 6.04. The molecule has 1 heterocycles. The van der Waals surface area contributed by atoms with E-state index in [-0.39, 0.29) is 5.92 Å². The second-order valence-corrected chi connectivity index (χ2v) is 6.64. The molecule has 1 amide bonds. The van der Waals surface area contributed by atoms with E-state index in [0.717, 1.165) is 25.8 Å². The van der Waals surface area contributed by atoms with Gasteiger partial charge in [0.05, 0.1) is 0 Å². The number of amides is 1. The molecule has 0 radical (unpaired) electrons. The Morgan fingerprint density at radius 3 is 2.61 bits per heavy atom. The second kappa shape index (κ2) is 5.60. The minimum atomic E-state index is 0.235. The van der Waals surface area contributed by atoms with Crippen LogP contribution in [0, 0.1) is 17.8 Å². The van der Waals surface area contributed by atoms with Gasteiger partial charge in [0.25, 0.3) is 0 Å². The van der Waals surface area contributed by atoms with Gasteiger partial charge in [-0.05, 0) is 43.9 Å². The van der Waals surface area contributed by atoms with Crippen molar-refractivity contribution in [3.05, 3.63) is 0 Å². The number of carbonyl (C=O) groups excluding carboxylic acids is 1. The molecule has 0 bridgehead atoms. The first-order chi connectivity index (χ1) is 8.50. The molecule has 2 aliphatic rings. The van der Waals surface area contributed by atoms with Crippen molar-refractivity contribution >= 4 is 5.91 Å². The lowest BCUT2D eigenvalue weighted by atomic mass is 9.78. The Bertz CT molecular complexity index is 303. The molecule has 3 nitrogen and oxygen atoms in total. The largest absolute Gasteiger partial charge is 0.339 e. The van der Waals surface area contributed by atoms with Gasteiger partial charge in [0.2, 0.25) is 5.91 Å². The van der Waals surface area contributed by atoms with E-state index in [0.29, 0.717) is 29.8 Å². The Hall–Kier alpha value is -0.570. The van der Waals surface area contributed by atoms with Gasteiger partial charge in [-0.1, -0.05) is 20.8 Å². The normalized spacial score (nSPS) is 37.3. The highest BCUT2D eigenvalue weighted by molar-refractivity contribution is 5.79. The van der Waals surface area contributed by atoms with E-state index in [1.54, 1.807) is 0 Å². The van der Waals surface area contributed by atoms with E-state index in [9.17, 15) is 4.79 Å². The van der Waals surface area contributed by atoms with Crippen molar-refractivity contribution in [1.29, 1.82) is 0 Å². The molecule has 2 N–H and O–H groups in total. The van der Waals surface area contributed by atoms with E-state index in [2.05, 4.69) is 25.7 Å². The van der Waals surface area contributed by atoms with Gasteiger partial charge in [0.1, 0.15) is 0 Å². The third-order valence-corrected chi connectivity index (χ3v) is 4.94. The van der Waals surface area contributed by atoms with Crippen LogP contribution in [-0.2, 0) is 4.79 Å². The molecular weight excluding hydrogens is 224 g/mol. The maximum absolute atomic E-state index is 12.7. The summed E-state index contributed by atoms with van der Waals surface area (Å²) in [5, 5.41) is 0. The lowest BCUT2D eigenvalue weighted by Gasteiger charge is -2.36. The van der Waals surface area contributed by atoms with Crippen molar-refractivity contribution in [2.75, 3.05) is 6.54 Å². The van der Waals surface area contributed by atoms with E-state index < -0.39 is 0 Å². The van der Waals surface area contributed by atoms with Crippen LogP contribution in [0.1, 0.15) is 52.9 Å². The SMILES string of the molecule is CC(C)C1CCCN1C(=O)C1CCC(N)C(C)C1. The first kappa shape index (κ1) is 13.9. The standard InChI is InChI=1S/C15H28N2O/c1-10(2)14-5-4-8-17(14)15(18)12-6-7-13(16)11(3)9-12/h10-14H,4-9,16H2,1-3H3. The van der Waals surface area contributed by atoms with Crippen molar-refractivity contribution in [1.82, 2.24) is 4.90 Å². The van der Waals surface area contributed by atoms with Crippen LogP contribution in [0.3, 0.4) is 0 Å². The fraction of sp³-hybridized carbons (Fsp3) is 0.933. The van der Waals surface area contributed by atoms with Gasteiger partial charge in [-0.2, -0.15) is 0 Å². The molecule has 2 rings (SSSR count). The van der Waals surface area contributed by atoms with Crippen LogP contribution in [0.25, 0.3) is 0 Å². The van der Waals surface area contributed by atoms with Gasteiger partial charge in [-0.15, -0.1) is 0 Å². The summed E-state index contributed by atoms with van der Waals surface area (Å²) >= 11 is 0. The highest BCUT2D eigenvalue weighted by atomic mass is 16.2. The van der Waals surface area contributed by atoms with Gasteiger partial charge in [-0.25, -0.2) is 0 Å². The summed E-state index contributed by atoms with van der Waals surface area (Å²) in [6.07, 6.45) is 5.35. The highest BCUT2D eigenvalue weighted by Crippen LogP contribution is 2.32.